The van der Waals surface area contributed by atoms with Crippen molar-refractivity contribution in [2.75, 3.05) is 25.4 Å². The maximum atomic E-state index is 12.0. The van der Waals surface area contributed by atoms with Gasteiger partial charge in [0.2, 0.25) is 10.0 Å². The Morgan fingerprint density at radius 3 is 2.35 bits per heavy atom. The van der Waals surface area contributed by atoms with E-state index in [-0.39, 0.29) is 5.75 Å². The lowest BCUT2D eigenvalue weighted by Gasteiger charge is -2.32. The smallest absolute Gasteiger partial charge is 0.213 e. The quantitative estimate of drug-likeness (QED) is 0.544. The fourth-order valence-corrected chi connectivity index (χ4v) is 5.72. The minimum Gasteiger partial charge on any atom is -0.354 e. The third kappa shape index (κ3) is 5.12. The summed E-state index contributed by atoms with van der Waals surface area (Å²) in [6.07, 6.45) is 10.0. The van der Waals surface area contributed by atoms with Crippen LogP contribution in [0.15, 0.2) is 4.99 Å². The molecular weight excluding hydrogens is 348 g/mol. The van der Waals surface area contributed by atoms with Gasteiger partial charge in [0.1, 0.15) is 0 Å². The summed E-state index contributed by atoms with van der Waals surface area (Å²) in [5, 5.41) is 7.21. The highest BCUT2D eigenvalue weighted by atomic mass is 32.2. The van der Waals surface area contributed by atoms with Crippen LogP contribution in [0.4, 0.5) is 0 Å². The summed E-state index contributed by atoms with van der Waals surface area (Å²) in [6.45, 7) is 5.77. The predicted octanol–water partition coefficient (Wildman–Crippen LogP) is 2.32. The molecule has 7 heteroatoms. The van der Waals surface area contributed by atoms with Gasteiger partial charge in [-0.05, 0) is 44.9 Å². The van der Waals surface area contributed by atoms with Gasteiger partial charge in [-0.1, -0.05) is 32.1 Å². The van der Waals surface area contributed by atoms with E-state index >= 15 is 0 Å². The maximum absolute atomic E-state index is 12.0. The molecule has 2 aliphatic carbocycles. The van der Waals surface area contributed by atoms with Crippen LogP contribution < -0.4 is 10.6 Å². The van der Waals surface area contributed by atoms with Crippen LogP contribution in [0, 0.1) is 11.8 Å². The average Bonchev–Trinajstić information content (AvgIpc) is 3.42. The molecule has 0 amide bonds. The second-order valence-corrected chi connectivity index (χ2v) is 10.3. The zero-order valence-electron chi connectivity index (χ0n) is 16.4. The molecule has 2 atom stereocenters. The summed E-state index contributed by atoms with van der Waals surface area (Å²) in [4.78, 5) is 4.62. The van der Waals surface area contributed by atoms with Crippen LogP contribution in [0.2, 0.25) is 0 Å². The van der Waals surface area contributed by atoms with E-state index in [0.717, 1.165) is 37.2 Å². The van der Waals surface area contributed by atoms with Crippen LogP contribution in [0.5, 0.6) is 0 Å². The zero-order valence-corrected chi connectivity index (χ0v) is 17.2. The van der Waals surface area contributed by atoms with Crippen molar-refractivity contribution >= 4 is 16.0 Å². The molecular formula is C19H36N4O2S. The van der Waals surface area contributed by atoms with Gasteiger partial charge < -0.3 is 10.6 Å². The molecule has 0 spiro atoms. The number of aliphatic imine (C=N–C) groups is 1. The number of nitrogens with one attached hydrogen (secondary N) is 2. The first-order chi connectivity index (χ1) is 12.5. The lowest BCUT2D eigenvalue weighted by molar-refractivity contribution is 0.304. The summed E-state index contributed by atoms with van der Waals surface area (Å²) in [6, 6.07) is 0.888. The molecule has 2 saturated carbocycles. The zero-order chi connectivity index (χ0) is 18.6. The van der Waals surface area contributed by atoms with Gasteiger partial charge in [-0.3, -0.25) is 4.99 Å². The van der Waals surface area contributed by atoms with E-state index in [1.54, 1.807) is 11.2 Å². The van der Waals surface area contributed by atoms with Crippen molar-refractivity contribution in [1.29, 1.82) is 0 Å². The number of guanidine groups is 1. The fraction of sp³-hybridized carbons (Fsp3) is 0.947. The minimum absolute atomic E-state index is 0.194. The Kier molecular flexibility index (Phi) is 6.83. The first kappa shape index (κ1) is 19.9. The van der Waals surface area contributed by atoms with E-state index in [1.165, 1.54) is 38.5 Å². The SMILES string of the molecule is CCN=C(NC1CCN(S(=O)(=O)CC)CC1)NC1CC1C1CCCCC1. The summed E-state index contributed by atoms with van der Waals surface area (Å²) < 4.78 is 25.6. The number of hydrogen-bond donors (Lipinski definition) is 2. The Morgan fingerprint density at radius 1 is 1.04 bits per heavy atom. The number of rotatable bonds is 6. The van der Waals surface area contributed by atoms with Crippen molar-refractivity contribution in [3.63, 3.8) is 0 Å². The lowest BCUT2D eigenvalue weighted by atomic mass is 9.85. The van der Waals surface area contributed by atoms with Gasteiger partial charge in [0.25, 0.3) is 0 Å². The molecule has 0 radical (unpaired) electrons. The molecule has 1 heterocycles. The van der Waals surface area contributed by atoms with E-state index in [2.05, 4.69) is 22.5 Å². The molecule has 2 unspecified atom stereocenters. The number of hydrogen-bond acceptors (Lipinski definition) is 3. The average molecular weight is 385 g/mol. The monoisotopic (exact) mass is 384 g/mol. The molecule has 0 bridgehead atoms. The highest BCUT2D eigenvalue weighted by Crippen LogP contribution is 2.44. The Morgan fingerprint density at radius 2 is 1.73 bits per heavy atom. The number of sulfonamides is 1. The normalized spacial score (nSPS) is 29.5. The van der Waals surface area contributed by atoms with Crippen molar-refractivity contribution < 1.29 is 8.42 Å². The minimum atomic E-state index is -3.05. The molecule has 1 saturated heterocycles. The van der Waals surface area contributed by atoms with Gasteiger partial charge in [0, 0.05) is 31.7 Å². The van der Waals surface area contributed by atoms with Crippen LogP contribution in [0.3, 0.4) is 0 Å². The Labute approximate surface area is 159 Å². The highest BCUT2D eigenvalue weighted by molar-refractivity contribution is 7.89. The van der Waals surface area contributed by atoms with Gasteiger partial charge in [-0.25, -0.2) is 12.7 Å². The van der Waals surface area contributed by atoms with Crippen LogP contribution in [0.1, 0.15) is 65.2 Å². The fourth-order valence-electron chi connectivity index (χ4n) is 4.58. The van der Waals surface area contributed by atoms with E-state index in [9.17, 15) is 8.42 Å². The van der Waals surface area contributed by atoms with Gasteiger partial charge in [-0.2, -0.15) is 0 Å². The molecule has 26 heavy (non-hydrogen) atoms. The molecule has 150 valence electrons. The van der Waals surface area contributed by atoms with Crippen LogP contribution in [-0.2, 0) is 10.0 Å². The van der Waals surface area contributed by atoms with Crippen molar-refractivity contribution in [2.24, 2.45) is 16.8 Å². The first-order valence-corrected chi connectivity index (χ1v) is 12.2. The van der Waals surface area contributed by atoms with Gasteiger partial charge in [0.05, 0.1) is 5.75 Å². The summed E-state index contributed by atoms with van der Waals surface area (Å²) in [7, 11) is -3.05. The largest absolute Gasteiger partial charge is 0.354 e. The van der Waals surface area contributed by atoms with E-state index < -0.39 is 10.0 Å². The molecule has 3 aliphatic rings. The number of nitrogens with zero attached hydrogens (tertiary/aromatic N) is 2. The summed E-state index contributed by atoms with van der Waals surface area (Å²) >= 11 is 0. The Balaban J connectivity index is 1.46. The third-order valence-corrected chi connectivity index (χ3v) is 8.17. The van der Waals surface area contributed by atoms with Crippen LogP contribution >= 0.6 is 0 Å². The topological polar surface area (TPSA) is 73.8 Å². The van der Waals surface area contributed by atoms with E-state index in [4.69, 9.17) is 0 Å². The molecule has 2 N–H and O–H groups in total. The Hall–Kier alpha value is -0.820. The van der Waals surface area contributed by atoms with Crippen molar-refractivity contribution in [3.8, 4) is 0 Å². The molecule has 3 fully saturated rings. The molecule has 1 aliphatic heterocycles. The summed E-state index contributed by atoms with van der Waals surface area (Å²) in [5.41, 5.74) is 0. The highest BCUT2D eigenvalue weighted by Gasteiger charge is 2.43. The predicted molar refractivity (Wildman–Crippen MR) is 107 cm³/mol. The van der Waals surface area contributed by atoms with Crippen molar-refractivity contribution in [2.45, 2.75) is 77.3 Å². The molecule has 3 rings (SSSR count). The van der Waals surface area contributed by atoms with E-state index in [1.807, 2.05) is 0 Å². The molecule has 0 aromatic heterocycles. The van der Waals surface area contributed by atoms with Gasteiger partial charge in [-0.15, -0.1) is 0 Å². The van der Waals surface area contributed by atoms with Crippen LogP contribution in [0.25, 0.3) is 0 Å². The third-order valence-electron chi connectivity index (χ3n) is 6.29. The first-order valence-electron chi connectivity index (χ1n) is 10.6. The van der Waals surface area contributed by atoms with Crippen molar-refractivity contribution in [3.05, 3.63) is 0 Å². The second kappa shape index (κ2) is 8.91. The molecule has 0 aromatic rings. The second-order valence-electron chi connectivity index (χ2n) is 8.09. The van der Waals surface area contributed by atoms with Gasteiger partial charge in [0.15, 0.2) is 5.96 Å². The van der Waals surface area contributed by atoms with Gasteiger partial charge >= 0.3 is 0 Å². The number of piperidine rings is 1. The van der Waals surface area contributed by atoms with Crippen molar-refractivity contribution in [1.82, 2.24) is 14.9 Å². The standard InChI is InChI=1S/C19H36N4O2S/c1-3-20-19(22-18-14-17(18)15-8-6-5-7-9-15)21-16-10-12-23(13-11-16)26(24,25)4-2/h15-18H,3-14H2,1-2H3,(H2,20,21,22). The summed E-state index contributed by atoms with van der Waals surface area (Å²) in [5.74, 6) is 2.86. The van der Waals surface area contributed by atoms with E-state index in [0.29, 0.717) is 25.2 Å². The van der Waals surface area contributed by atoms with Crippen LogP contribution in [-0.4, -0.2) is 56.2 Å². The Bertz CT molecular complexity index is 578. The maximum Gasteiger partial charge on any atom is 0.213 e. The molecule has 6 nitrogen and oxygen atoms in total. The lowest BCUT2D eigenvalue weighted by Crippen LogP contribution is -2.50. The molecule has 0 aromatic carbocycles.